The third-order valence-electron chi connectivity index (χ3n) is 19.5. The maximum absolute atomic E-state index is 12.3. The predicted octanol–water partition coefficient (Wildman–Crippen LogP) is -1.75. The molecule has 3 saturated carbocycles. The highest BCUT2D eigenvalue weighted by Crippen LogP contribution is 2.70. The Bertz CT molecular complexity index is 1880. The minimum Gasteiger partial charge on any atom is -0.396 e. The summed E-state index contributed by atoms with van der Waals surface area (Å²) in [6.07, 6.45) is -19.2. The molecule has 10 aliphatic rings. The predicted molar refractivity (Wildman–Crippen MR) is 243 cm³/mol. The van der Waals surface area contributed by atoms with Crippen LogP contribution in [-0.2, 0) is 42.6 Å². The molecule has 0 bridgehead atoms. The molecule has 0 aromatic carbocycles. The Kier molecular flexibility index (Phi) is 15.3. The first-order chi connectivity index (χ1) is 33.7. The van der Waals surface area contributed by atoms with Crippen LogP contribution in [0.1, 0.15) is 92.4 Å². The Morgan fingerprint density at radius 2 is 1.31 bits per heavy atom. The zero-order valence-electron chi connectivity index (χ0n) is 41.5. The van der Waals surface area contributed by atoms with E-state index in [4.69, 9.17) is 42.6 Å². The number of aliphatic hydroxyl groups excluding tert-OH is 11. The van der Waals surface area contributed by atoms with Crippen LogP contribution in [0.15, 0.2) is 11.6 Å². The summed E-state index contributed by atoms with van der Waals surface area (Å²) in [5.74, 6) is 2.28. The summed E-state index contributed by atoms with van der Waals surface area (Å²) < 4.78 is 55.8. The second kappa shape index (κ2) is 20.4. The average molecular weight is 1020 g/mol. The summed E-state index contributed by atoms with van der Waals surface area (Å²) in [6, 6.07) is 0. The molecule has 0 unspecified atom stereocenters. The molecule has 0 radical (unpaired) electrons. The van der Waals surface area contributed by atoms with Gasteiger partial charge in [-0.3, -0.25) is 5.32 Å². The molecule has 6 aliphatic heterocycles. The van der Waals surface area contributed by atoms with Gasteiger partial charge in [-0.05, 0) is 112 Å². The number of ether oxygens (including phenoxy) is 9. The molecule has 30 atom stereocenters. The van der Waals surface area contributed by atoms with Gasteiger partial charge in [-0.25, -0.2) is 0 Å². The van der Waals surface area contributed by atoms with E-state index in [1.54, 1.807) is 0 Å². The summed E-state index contributed by atoms with van der Waals surface area (Å²) in [4.78, 5) is 0. The van der Waals surface area contributed by atoms with Crippen molar-refractivity contribution in [2.24, 2.45) is 46.3 Å². The maximum Gasteiger partial charge on any atom is 0.187 e. The Labute approximate surface area is 414 Å². The number of fused-ring (bicyclic) bond motifs is 7. The fourth-order valence-electron chi connectivity index (χ4n) is 15.3. The van der Waals surface area contributed by atoms with Gasteiger partial charge >= 0.3 is 0 Å². The molecule has 10 rings (SSSR count). The largest absolute Gasteiger partial charge is 0.396 e. The Hall–Kier alpha value is -1.10. The van der Waals surface area contributed by atoms with Crippen LogP contribution in [0.4, 0.5) is 0 Å². The van der Waals surface area contributed by atoms with E-state index in [2.05, 4.69) is 32.2 Å². The molecule has 0 amide bonds. The zero-order chi connectivity index (χ0) is 50.6. The summed E-state index contributed by atoms with van der Waals surface area (Å²) in [5, 5.41) is 123. The molecule has 21 nitrogen and oxygen atoms in total. The van der Waals surface area contributed by atoms with Gasteiger partial charge in [0, 0.05) is 12.5 Å². The lowest BCUT2D eigenvalue weighted by atomic mass is 9.46. The number of rotatable bonds is 10. The fourth-order valence-corrected chi connectivity index (χ4v) is 15.3. The third kappa shape index (κ3) is 9.12. The van der Waals surface area contributed by atoms with E-state index < -0.39 is 142 Å². The Balaban J connectivity index is 0.867. The number of hydrogen-bond acceptors (Lipinski definition) is 21. The van der Waals surface area contributed by atoms with Crippen LogP contribution in [0.3, 0.4) is 0 Å². The van der Waals surface area contributed by atoms with E-state index >= 15 is 0 Å². The molecule has 71 heavy (non-hydrogen) atoms. The van der Waals surface area contributed by atoms with Gasteiger partial charge in [0.25, 0.3) is 0 Å². The first-order valence-electron chi connectivity index (χ1n) is 26.4. The van der Waals surface area contributed by atoms with E-state index in [9.17, 15) is 56.2 Å². The lowest BCUT2D eigenvalue weighted by Crippen LogP contribution is -2.67. The van der Waals surface area contributed by atoms with Gasteiger partial charge in [-0.15, -0.1) is 0 Å². The molecule has 0 aromatic heterocycles. The Morgan fingerprint density at radius 3 is 2.01 bits per heavy atom. The summed E-state index contributed by atoms with van der Waals surface area (Å²) >= 11 is 0. The van der Waals surface area contributed by atoms with Gasteiger partial charge in [0.15, 0.2) is 25.2 Å². The summed E-state index contributed by atoms with van der Waals surface area (Å²) in [6.45, 7) is 9.90. The first kappa shape index (κ1) is 53.3. The van der Waals surface area contributed by atoms with E-state index in [1.807, 2.05) is 0 Å². The third-order valence-corrected chi connectivity index (χ3v) is 19.5. The molecule has 21 heteroatoms. The molecule has 6 saturated heterocycles. The maximum atomic E-state index is 12.3. The number of allylic oxidation sites excluding steroid dienone is 1. The molecule has 406 valence electrons. The lowest BCUT2D eigenvalue weighted by Gasteiger charge is -2.59. The second-order valence-corrected chi connectivity index (χ2v) is 23.6. The van der Waals surface area contributed by atoms with Gasteiger partial charge < -0.3 is 98.8 Å². The smallest absolute Gasteiger partial charge is 0.187 e. The van der Waals surface area contributed by atoms with Gasteiger partial charge in [0.2, 0.25) is 0 Å². The molecule has 4 aliphatic carbocycles. The van der Waals surface area contributed by atoms with Crippen molar-refractivity contribution < 1.29 is 98.8 Å². The van der Waals surface area contributed by atoms with Crippen molar-refractivity contribution in [3.8, 4) is 0 Å². The number of aliphatic hydroxyl groups is 11. The SMILES string of the molecule is C[C@@H]1CC[C@@]2(NC1)O[C@H]1C[C@H]3[C@@H]4CC=C5C[C@@H](O[C@@H]6O[C@H](CO)[C@H](O[C@@H]7O[C@@H](C)[C@H](O)[C@@H](O)[C@H]7O[C@@H]7OC[C@@H](O)[C@H](O)[C@H]7O)[C@H](O)[C@H]6O[C@@H]6O[C@@H](C)[C@H](O)[C@@H](O)[C@H]6O)CC[C@]5(C)[C@H]4CC[C@]3(C)[C@H]1[C@@H]2CO. The number of piperidine rings is 1. The lowest BCUT2D eigenvalue weighted by molar-refractivity contribution is -0.397. The van der Waals surface area contributed by atoms with Crippen LogP contribution in [0.2, 0.25) is 0 Å². The van der Waals surface area contributed by atoms with E-state index in [0.29, 0.717) is 36.5 Å². The highest BCUT2D eigenvalue weighted by Gasteiger charge is 2.69. The molecule has 9 fully saturated rings. The normalized spacial score (nSPS) is 57.4. The van der Waals surface area contributed by atoms with Crippen molar-refractivity contribution in [2.75, 3.05) is 26.4 Å². The van der Waals surface area contributed by atoms with Crippen molar-refractivity contribution in [3.63, 3.8) is 0 Å². The highest BCUT2D eigenvalue weighted by atomic mass is 16.8. The van der Waals surface area contributed by atoms with Gasteiger partial charge in [-0.2, -0.15) is 0 Å². The van der Waals surface area contributed by atoms with E-state index in [0.717, 1.165) is 51.5 Å². The molecular formula is C50H81NO20. The molecule has 0 aromatic rings. The van der Waals surface area contributed by atoms with Crippen molar-refractivity contribution in [2.45, 2.75) is 227 Å². The van der Waals surface area contributed by atoms with E-state index in [1.165, 1.54) is 19.4 Å². The molecule has 6 heterocycles. The zero-order valence-corrected chi connectivity index (χ0v) is 41.5. The highest BCUT2D eigenvalue weighted by molar-refractivity contribution is 5.27. The van der Waals surface area contributed by atoms with Crippen LogP contribution >= 0.6 is 0 Å². The minimum atomic E-state index is -1.79. The van der Waals surface area contributed by atoms with Crippen molar-refractivity contribution in [1.29, 1.82) is 0 Å². The van der Waals surface area contributed by atoms with Crippen molar-refractivity contribution in [1.82, 2.24) is 5.32 Å². The molecule has 1 spiro atoms. The quantitative estimate of drug-likeness (QED) is 0.108. The van der Waals surface area contributed by atoms with Crippen LogP contribution in [-0.4, -0.2) is 217 Å². The standard InChI is InChI=1S/C50H81NO20/c1-20-8-13-50(51-16-20)28(17-52)32-30(71-50)15-27-25-7-6-23-14-24(9-11-48(23,4)26(25)10-12-49(27,32)5)66-47-43(70-45-39(61)36(58)33(55)21(2)64-45)40(62)41(31(18-53)67-47)68-46-42(37(59)34(56)22(3)65-46)69-44-38(60)35(57)29(54)19-63-44/h6,20-22,24-47,51-62H,7-19H2,1-5H3/t20-,21+,22+,24+,25-,26+,27+,28+,29-,30+,31-,32+,33+,34+,35+,36-,37-,38-,39-,40+,41+,42-,43-,44+,45+,46+,47-,48+,49+,50-/m1/s1. The van der Waals surface area contributed by atoms with Crippen LogP contribution < -0.4 is 5.32 Å². The molecular weight excluding hydrogens is 935 g/mol. The number of nitrogens with one attached hydrogen (secondary N) is 1. The van der Waals surface area contributed by atoms with Gasteiger partial charge in [0.1, 0.15) is 85.1 Å². The van der Waals surface area contributed by atoms with E-state index in [-0.39, 0.29) is 35.4 Å². The summed E-state index contributed by atoms with van der Waals surface area (Å²) in [7, 11) is 0. The minimum absolute atomic E-state index is 0.0483. The topological polar surface area (TPSA) is 318 Å². The van der Waals surface area contributed by atoms with Crippen molar-refractivity contribution in [3.05, 3.63) is 11.6 Å². The first-order valence-corrected chi connectivity index (χ1v) is 26.4. The second-order valence-electron chi connectivity index (χ2n) is 23.6. The summed E-state index contributed by atoms with van der Waals surface area (Å²) in [5.41, 5.74) is 0.782. The fraction of sp³-hybridized carbons (Fsp3) is 0.960. The van der Waals surface area contributed by atoms with Gasteiger partial charge in [0.05, 0.1) is 44.2 Å². The van der Waals surface area contributed by atoms with Crippen LogP contribution in [0.25, 0.3) is 0 Å². The van der Waals surface area contributed by atoms with Crippen LogP contribution in [0.5, 0.6) is 0 Å². The van der Waals surface area contributed by atoms with Crippen molar-refractivity contribution >= 4 is 0 Å². The monoisotopic (exact) mass is 1020 g/mol. The molecule has 12 N–H and O–H groups in total. The Morgan fingerprint density at radius 1 is 0.648 bits per heavy atom. The van der Waals surface area contributed by atoms with Gasteiger partial charge in [-0.1, -0.05) is 32.4 Å². The average Bonchev–Trinajstić information content (AvgIpc) is 3.82. The van der Waals surface area contributed by atoms with Crippen LogP contribution in [0, 0.1) is 46.3 Å². The number of hydrogen-bond donors (Lipinski definition) is 12.